The fourth-order valence-electron chi connectivity index (χ4n) is 2.22. The first-order valence-electron chi connectivity index (χ1n) is 4.74. The predicted octanol–water partition coefficient (Wildman–Crippen LogP) is 1.49. The number of hydrogen-bond acceptors (Lipinski definition) is 2. The van der Waals surface area contributed by atoms with Gasteiger partial charge in [-0.2, -0.15) is 0 Å². The van der Waals surface area contributed by atoms with Crippen molar-refractivity contribution >= 4 is 0 Å². The van der Waals surface area contributed by atoms with Crippen LogP contribution in [0.15, 0.2) is 0 Å². The van der Waals surface area contributed by atoms with Gasteiger partial charge in [0, 0.05) is 0 Å². The third-order valence-electron chi connectivity index (χ3n) is 3.09. The molecular formula is C9H14O2. The number of rotatable bonds is 0. The van der Waals surface area contributed by atoms with Crippen molar-refractivity contribution in [1.82, 2.24) is 0 Å². The Morgan fingerprint density at radius 3 is 1.64 bits per heavy atom. The van der Waals surface area contributed by atoms with Crippen LogP contribution in [0.4, 0.5) is 0 Å². The summed E-state index contributed by atoms with van der Waals surface area (Å²) in [5.74, 6) is 0. The van der Waals surface area contributed by atoms with Gasteiger partial charge in [-0.3, -0.25) is 0 Å². The molecule has 0 spiro atoms. The predicted molar refractivity (Wildman–Crippen MR) is 40.4 cm³/mol. The van der Waals surface area contributed by atoms with Crippen molar-refractivity contribution in [3.8, 4) is 0 Å². The zero-order chi connectivity index (χ0) is 7.26. The Labute approximate surface area is 66.9 Å². The summed E-state index contributed by atoms with van der Waals surface area (Å²) in [6, 6.07) is 0. The Balaban J connectivity index is 1.62. The van der Waals surface area contributed by atoms with E-state index in [1.165, 1.54) is 32.1 Å². The highest BCUT2D eigenvalue weighted by Crippen LogP contribution is 2.39. The summed E-state index contributed by atoms with van der Waals surface area (Å²) < 4.78 is 11.0. The molecule has 1 aliphatic carbocycles. The lowest BCUT2D eigenvalue weighted by Crippen LogP contribution is -1.95. The number of hydrogen-bond donors (Lipinski definition) is 0. The maximum Gasteiger partial charge on any atom is 0.0842 e. The molecule has 2 aliphatic heterocycles. The second-order valence-electron chi connectivity index (χ2n) is 3.93. The molecule has 2 heteroatoms. The topological polar surface area (TPSA) is 25.1 Å². The van der Waals surface area contributed by atoms with E-state index in [1.807, 2.05) is 0 Å². The van der Waals surface area contributed by atoms with Gasteiger partial charge in [0.05, 0.1) is 24.4 Å². The summed E-state index contributed by atoms with van der Waals surface area (Å²) in [7, 11) is 0. The minimum Gasteiger partial charge on any atom is -0.370 e. The molecule has 0 aromatic heterocycles. The summed E-state index contributed by atoms with van der Waals surface area (Å²) in [5.41, 5.74) is 0. The first-order chi connectivity index (χ1) is 5.43. The van der Waals surface area contributed by atoms with E-state index in [1.54, 1.807) is 0 Å². The summed E-state index contributed by atoms with van der Waals surface area (Å²) in [6.45, 7) is 0. The Bertz CT molecular complexity index is 151. The van der Waals surface area contributed by atoms with Gasteiger partial charge in [-0.05, 0) is 32.1 Å². The van der Waals surface area contributed by atoms with Gasteiger partial charge < -0.3 is 9.47 Å². The first kappa shape index (κ1) is 6.44. The van der Waals surface area contributed by atoms with Crippen LogP contribution in [0.5, 0.6) is 0 Å². The summed E-state index contributed by atoms with van der Waals surface area (Å²) in [6.07, 6.45) is 8.82. The number of epoxide rings is 2. The third kappa shape index (κ3) is 1.18. The van der Waals surface area contributed by atoms with Crippen molar-refractivity contribution in [2.45, 2.75) is 56.5 Å². The van der Waals surface area contributed by atoms with E-state index in [0.29, 0.717) is 24.4 Å². The van der Waals surface area contributed by atoms with Gasteiger partial charge in [-0.1, -0.05) is 0 Å². The molecule has 11 heavy (non-hydrogen) atoms. The van der Waals surface area contributed by atoms with Crippen LogP contribution in [0, 0.1) is 0 Å². The van der Waals surface area contributed by atoms with E-state index in [4.69, 9.17) is 9.47 Å². The fraction of sp³-hybridized carbons (Fsp3) is 1.00. The maximum absolute atomic E-state index is 5.50. The van der Waals surface area contributed by atoms with E-state index >= 15 is 0 Å². The van der Waals surface area contributed by atoms with Crippen molar-refractivity contribution in [2.24, 2.45) is 0 Å². The second-order valence-corrected chi connectivity index (χ2v) is 3.93. The molecule has 62 valence electrons. The number of ether oxygens (including phenoxy) is 2. The largest absolute Gasteiger partial charge is 0.370 e. The standard InChI is InChI=1S/C9H14O2/c1-2-6-8(10-6)4-5-9-7(3-1)11-9/h6-9H,1-5H2/t6-,7+,8-,9-/m0/s1. The number of fused-ring (bicyclic) bond motifs is 2. The van der Waals surface area contributed by atoms with Crippen LogP contribution in [-0.2, 0) is 9.47 Å². The van der Waals surface area contributed by atoms with Crippen LogP contribution in [-0.4, -0.2) is 24.4 Å². The molecule has 2 saturated heterocycles. The highest BCUT2D eigenvalue weighted by atomic mass is 16.6. The van der Waals surface area contributed by atoms with Crippen molar-refractivity contribution < 1.29 is 9.47 Å². The smallest absolute Gasteiger partial charge is 0.0842 e. The van der Waals surface area contributed by atoms with E-state index < -0.39 is 0 Å². The fourth-order valence-corrected chi connectivity index (χ4v) is 2.22. The summed E-state index contributed by atoms with van der Waals surface area (Å²) >= 11 is 0. The molecule has 2 nitrogen and oxygen atoms in total. The van der Waals surface area contributed by atoms with Crippen LogP contribution >= 0.6 is 0 Å². The minimum atomic E-state index is 0.609. The van der Waals surface area contributed by atoms with Gasteiger partial charge in [0.15, 0.2) is 0 Å². The minimum absolute atomic E-state index is 0.609. The van der Waals surface area contributed by atoms with E-state index in [0.717, 1.165) is 0 Å². The van der Waals surface area contributed by atoms with E-state index in [2.05, 4.69) is 0 Å². The maximum atomic E-state index is 5.50. The van der Waals surface area contributed by atoms with Gasteiger partial charge >= 0.3 is 0 Å². The summed E-state index contributed by atoms with van der Waals surface area (Å²) in [4.78, 5) is 0. The van der Waals surface area contributed by atoms with Crippen LogP contribution in [0.1, 0.15) is 32.1 Å². The molecule has 0 bridgehead atoms. The molecule has 2 heterocycles. The zero-order valence-electron chi connectivity index (χ0n) is 6.66. The lowest BCUT2D eigenvalue weighted by Gasteiger charge is -1.91. The van der Waals surface area contributed by atoms with Gasteiger partial charge in [0.25, 0.3) is 0 Å². The highest BCUT2D eigenvalue weighted by molar-refractivity contribution is 4.93. The molecule has 0 radical (unpaired) electrons. The molecule has 1 saturated carbocycles. The first-order valence-corrected chi connectivity index (χ1v) is 4.74. The third-order valence-corrected chi connectivity index (χ3v) is 3.09. The van der Waals surface area contributed by atoms with Gasteiger partial charge in [-0.15, -0.1) is 0 Å². The molecule has 0 aromatic rings. The van der Waals surface area contributed by atoms with Gasteiger partial charge in [0.1, 0.15) is 0 Å². The normalized spacial score (nSPS) is 54.5. The zero-order valence-corrected chi connectivity index (χ0v) is 6.66. The Morgan fingerprint density at radius 1 is 0.636 bits per heavy atom. The summed E-state index contributed by atoms with van der Waals surface area (Å²) in [5, 5.41) is 0. The van der Waals surface area contributed by atoms with Crippen LogP contribution in [0.3, 0.4) is 0 Å². The van der Waals surface area contributed by atoms with Crippen molar-refractivity contribution in [3.05, 3.63) is 0 Å². The van der Waals surface area contributed by atoms with Gasteiger partial charge in [-0.25, -0.2) is 0 Å². The highest BCUT2D eigenvalue weighted by Gasteiger charge is 2.45. The molecule has 0 N–H and O–H groups in total. The van der Waals surface area contributed by atoms with Crippen LogP contribution in [0.25, 0.3) is 0 Å². The second kappa shape index (κ2) is 2.20. The quantitative estimate of drug-likeness (QED) is 0.494. The van der Waals surface area contributed by atoms with Crippen molar-refractivity contribution in [1.29, 1.82) is 0 Å². The molecule has 0 unspecified atom stereocenters. The van der Waals surface area contributed by atoms with E-state index in [-0.39, 0.29) is 0 Å². The Kier molecular flexibility index (Phi) is 1.29. The van der Waals surface area contributed by atoms with Crippen LogP contribution < -0.4 is 0 Å². The molecule has 0 aromatic carbocycles. The molecule has 3 aliphatic rings. The van der Waals surface area contributed by atoms with Crippen molar-refractivity contribution in [3.63, 3.8) is 0 Å². The van der Waals surface area contributed by atoms with Crippen molar-refractivity contribution in [2.75, 3.05) is 0 Å². The SMILES string of the molecule is C1C[C@@H]2O[C@H]2CC[C@@H]2O[C@@H]2C1. The lowest BCUT2D eigenvalue weighted by atomic mass is 10.1. The Morgan fingerprint density at radius 2 is 1.09 bits per heavy atom. The average molecular weight is 154 g/mol. The average Bonchev–Trinajstić information content (AvgIpc) is 2.85. The monoisotopic (exact) mass is 154 g/mol. The molecular weight excluding hydrogens is 140 g/mol. The lowest BCUT2D eigenvalue weighted by molar-refractivity contribution is 0.339. The molecule has 3 fully saturated rings. The van der Waals surface area contributed by atoms with Gasteiger partial charge in [0.2, 0.25) is 0 Å². The van der Waals surface area contributed by atoms with E-state index in [9.17, 15) is 0 Å². The molecule has 3 rings (SSSR count). The molecule has 4 atom stereocenters. The Hall–Kier alpha value is -0.0800. The van der Waals surface area contributed by atoms with Crippen LogP contribution in [0.2, 0.25) is 0 Å². The molecule has 0 amide bonds.